The van der Waals surface area contributed by atoms with Crippen LogP contribution in [0, 0.1) is 0 Å². The Morgan fingerprint density at radius 3 is 2.55 bits per heavy atom. The zero-order valence-corrected chi connectivity index (χ0v) is 19.0. The van der Waals surface area contributed by atoms with Crippen LogP contribution in [-0.4, -0.2) is 48.1 Å². The molecule has 7 nitrogen and oxygen atoms in total. The van der Waals surface area contributed by atoms with E-state index < -0.39 is 17.7 Å². The molecular weight excluding hydrogens is 439 g/mol. The molecule has 0 radical (unpaired) electrons. The molecule has 1 atom stereocenters. The Labute approximate surface area is 191 Å². The summed E-state index contributed by atoms with van der Waals surface area (Å²) in [4.78, 5) is 29.5. The minimum absolute atomic E-state index is 0.202. The van der Waals surface area contributed by atoms with Gasteiger partial charge in [-0.05, 0) is 50.3 Å². The maximum Gasteiger partial charge on any atom is 0.329 e. The molecule has 9 heteroatoms. The fraction of sp³-hybridized carbons (Fsp3) is 0.364. The number of benzene rings is 2. The minimum atomic E-state index is -2.26. The maximum atomic E-state index is 13.3. The van der Waals surface area contributed by atoms with Gasteiger partial charge in [-0.15, -0.1) is 0 Å². The van der Waals surface area contributed by atoms with Crippen LogP contribution in [0.25, 0.3) is 0 Å². The predicted molar refractivity (Wildman–Crippen MR) is 124 cm³/mol. The molecule has 0 fully saturated rings. The second kappa shape index (κ2) is 9.87. The highest BCUT2D eigenvalue weighted by Crippen LogP contribution is 2.41. The number of amides is 3. The molecule has 0 saturated heterocycles. The SMILES string of the molecule is CCN(CC)CCCNC(=O)C1(O)c2ccccc2NC(=O)N1c1ccc(Cl)c(Cl)c1. The zero-order chi connectivity index (χ0) is 22.6. The third-order valence-corrected chi connectivity index (χ3v) is 6.12. The van der Waals surface area contributed by atoms with Gasteiger partial charge in [0.1, 0.15) is 0 Å². The summed E-state index contributed by atoms with van der Waals surface area (Å²) in [6.45, 7) is 7.19. The van der Waals surface area contributed by atoms with Gasteiger partial charge in [-0.25, -0.2) is 4.79 Å². The van der Waals surface area contributed by atoms with Crippen LogP contribution in [0.2, 0.25) is 10.0 Å². The molecule has 3 rings (SSSR count). The van der Waals surface area contributed by atoms with Gasteiger partial charge >= 0.3 is 6.03 Å². The summed E-state index contributed by atoms with van der Waals surface area (Å²) in [5, 5.41) is 17.7. The van der Waals surface area contributed by atoms with Gasteiger partial charge in [-0.2, -0.15) is 0 Å². The van der Waals surface area contributed by atoms with E-state index in [1.54, 1.807) is 24.3 Å². The van der Waals surface area contributed by atoms with Gasteiger partial charge in [-0.1, -0.05) is 55.2 Å². The molecule has 31 heavy (non-hydrogen) atoms. The average Bonchev–Trinajstić information content (AvgIpc) is 2.76. The van der Waals surface area contributed by atoms with Gasteiger partial charge in [0.15, 0.2) is 0 Å². The van der Waals surface area contributed by atoms with Crippen molar-refractivity contribution in [3.8, 4) is 0 Å². The van der Waals surface area contributed by atoms with E-state index in [9.17, 15) is 14.7 Å². The number of urea groups is 1. The van der Waals surface area contributed by atoms with Crippen molar-refractivity contribution in [2.45, 2.75) is 26.0 Å². The van der Waals surface area contributed by atoms with Crippen LogP contribution in [0.4, 0.5) is 16.2 Å². The number of hydrogen-bond acceptors (Lipinski definition) is 4. The summed E-state index contributed by atoms with van der Waals surface area (Å²) >= 11 is 12.1. The van der Waals surface area contributed by atoms with Crippen molar-refractivity contribution in [1.29, 1.82) is 0 Å². The fourth-order valence-electron chi connectivity index (χ4n) is 3.65. The minimum Gasteiger partial charge on any atom is -0.359 e. The number of rotatable bonds is 8. The van der Waals surface area contributed by atoms with E-state index in [0.717, 1.165) is 24.5 Å². The molecule has 1 heterocycles. The first-order chi connectivity index (χ1) is 14.8. The van der Waals surface area contributed by atoms with Crippen molar-refractivity contribution in [1.82, 2.24) is 10.2 Å². The lowest BCUT2D eigenvalue weighted by Crippen LogP contribution is -2.62. The molecule has 2 aromatic carbocycles. The summed E-state index contributed by atoms with van der Waals surface area (Å²) in [6.07, 6.45) is 0.712. The maximum absolute atomic E-state index is 13.3. The lowest BCUT2D eigenvalue weighted by atomic mass is 9.94. The molecule has 2 aromatic rings. The normalized spacial score (nSPS) is 18.0. The quantitative estimate of drug-likeness (QED) is 0.514. The van der Waals surface area contributed by atoms with Crippen molar-refractivity contribution in [2.75, 3.05) is 36.4 Å². The Hall–Kier alpha value is -2.32. The Morgan fingerprint density at radius 2 is 1.87 bits per heavy atom. The number of anilines is 2. The molecule has 0 spiro atoms. The topological polar surface area (TPSA) is 84.9 Å². The van der Waals surface area contributed by atoms with Crippen molar-refractivity contribution in [2.24, 2.45) is 0 Å². The number of nitrogens with zero attached hydrogens (tertiary/aromatic N) is 2. The van der Waals surface area contributed by atoms with Gasteiger partial charge in [0.25, 0.3) is 11.6 Å². The van der Waals surface area contributed by atoms with E-state index in [1.807, 2.05) is 0 Å². The summed E-state index contributed by atoms with van der Waals surface area (Å²) in [5.74, 6) is -0.694. The summed E-state index contributed by atoms with van der Waals surface area (Å²) < 4.78 is 0. The van der Waals surface area contributed by atoms with Crippen LogP contribution in [0.3, 0.4) is 0 Å². The Bertz CT molecular complexity index is 968. The van der Waals surface area contributed by atoms with Crippen LogP contribution in [0.15, 0.2) is 42.5 Å². The van der Waals surface area contributed by atoms with E-state index in [1.165, 1.54) is 18.2 Å². The van der Waals surface area contributed by atoms with Crippen molar-refractivity contribution in [3.63, 3.8) is 0 Å². The predicted octanol–water partition coefficient (Wildman–Crippen LogP) is 4.04. The summed E-state index contributed by atoms with van der Waals surface area (Å²) in [6, 6.07) is 10.5. The Kier molecular flexibility index (Phi) is 7.43. The molecule has 166 valence electrons. The molecule has 3 amide bonds. The number of para-hydroxylation sites is 1. The van der Waals surface area contributed by atoms with Gasteiger partial charge in [-0.3, -0.25) is 9.69 Å². The first kappa shape index (κ1) is 23.3. The van der Waals surface area contributed by atoms with Gasteiger partial charge in [0.05, 0.1) is 21.4 Å². The monoisotopic (exact) mass is 464 g/mol. The molecule has 1 unspecified atom stereocenters. The average molecular weight is 465 g/mol. The highest BCUT2D eigenvalue weighted by Gasteiger charge is 2.51. The third kappa shape index (κ3) is 4.65. The van der Waals surface area contributed by atoms with E-state index in [2.05, 4.69) is 29.4 Å². The van der Waals surface area contributed by atoms with Crippen LogP contribution >= 0.6 is 23.2 Å². The molecule has 1 aliphatic heterocycles. The van der Waals surface area contributed by atoms with Gasteiger partial charge in [0, 0.05) is 12.1 Å². The Balaban J connectivity index is 1.93. The number of hydrogen-bond donors (Lipinski definition) is 3. The summed E-state index contributed by atoms with van der Waals surface area (Å²) in [5.41, 5.74) is -1.39. The molecule has 0 aliphatic carbocycles. The Morgan fingerprint density at radius 1 is 1.16 bits per heavy atom. The highest BCUT2D eigenvalue weighted by atomic mass is 35.5. The third-order valence-electron chi connectivity index (χ3n) is 5.38. The van der Waals surface area contributed by atoms with Crippen LogP contribution in [0.1, 0.15) is 25.8 Å². The number of nitrogens with one attached hydrogen (secondary N) is 2. The van der Waals surface area contributed by atoms with Crippen LogP contribution < -0.4 is 15.5 Å². The number of carbonyl (C=O) groups excluding carboxylic acids is 2. The van der Waals surface area contributed by atoms with E-state index in [-0.39, 0.29) is 16.3 Å². The summed E-state index contributed by atoms with van der Waals surface area (Å²) in [7, 11) is 0. The standard InChI is InChI=1S/C22H26Cl2N4O3/c1-3-27(4-2)13-7-12-25-20(29)22(31)16-8-5-6-9-19(16)26-21(30)28(22)15-10-11-17(23)18(24)14-15/h5-6,8-11,14,31H,3-4,7,12-13H2,1-2H3,(H,25,29)(H,26,30). The number of fused-ring (bicyclic) bond motifs is 1. The van der Waals surface area contributed by atoms with Gasteiger partial charge in [0.2, 0.25) is 0 Å². The van der Waals surface area contributed by atoms with Crippen LogP contribution in [-0.2, 0) is 10.5 Å². The number of aliphatic hydroxyl groups is 1. The second-order valence-corrected chi connectivity index (χ2v) is 8.03. The largest absolute Gasteiger partial charge is 0.359 e. The lowest BCUT2D eigenvalue weighted by molar-refractivity contribution is -0.140. The van der Waals surface area contributed by atoms with Crippen molar-refractivity contribution < 1.29 is 14.7 Å². The molecule has 0 bridgehead atoms. The van der Waals surface area contributed by atoms with Gasteiger partial charge < -0.3 is 20.6 Å². The highest BCUT2D eigenvalue weighted by molar-refractivity contribution is 6.42. The van der Waals surface area contributed by atoms with Crippen LogP contribution in [0.5, 0.6) is 0 Å². The second-order valence-electron chi connectivity index (χ2n) is 7.22. The molecule has 3 N–H and O–H groups in total. The zero-order valence-electron chi connectivity index (χ0n) is 17.5. The fourth-order valence-corrected chi connectivity index (χ4v) is 3.95. The van der Waals surface area contributed by atoms with E-state index in [0.29, 0.717) is 23.7 Å². The number of carbonyl (C=O) groups is 2. The lowest BCUT2D eigenvalue weighted by Gasteiger charge is -2.42. The first-order valence-electron chi connectivity index (χ1n) is 10.2. The van der Waals surface area contributed by atoms with Crippen molar-refractivity contribution >= 4 is 46.5 Å². The van der Waals surface area contributed by atoms with E-state index in [4.69, 9.17) is 23.2 Å². The first-order valence-corrected chi connectivity index (χ1v) is 11.0. The number of halogens is 2. The van der Waals surface area contributed by atoms with Crippen molar-refractivity contribution in [3.05, 3.63) is 58.1 Å². The molecular formula is C22H26Cl2N4O3. The van der Waals surface area contributed by atoms with E-state index >= 15 is 0 Å². The molecule has 1 aliphatic rings. The molecule has 0 saturated carbocycles. The molecule has 0 aromatic heterocycles. The smallest absolute Gasteiger partial charge is 0.329 e.